The minimum Gasteiger partial charge on any atom is -0.357 e. The molecule has 136 valence electrons. The lowest BCUT2D eigenvalue weighted by molar-refractivity contribution is -0.116. The van der Waals surface area contributed by atoms with Crippen LogP contribution < -0.4 is 16.0 Å². The summed E-state index contributed by atoms with van der Waals surface area (Å²) in [4.78, 5) is 16.6. The molecule has 0 aromatic heterocycles. The van der Waals surface area contributed by atoms with Gasteiger partial charge in [0.2, 0.25) is 5.91 Å². The molecule has 0 spiro atoms. The summed E-state index contributed by atoms with van der Waals surface area (Å²) in [6, 6.07) is 16.1. The Kier molecular flexibility index (Phi) is 6.28. The predicted octanol–water partition coefficient (Wildman–Crippen LogP) is 3.63. The van der Waals surface area contributed by atoms with Gasteiger partial charge in [-0.15, -0.1) is 0 Å². The highest BCUT2D eigenvalue weighted by Gasteiger charge is 2.24. The summed E-state index contributed by atoms with van der Waals surface area (Å²) in [5.74, 6) is 0.961. The number of fused-ring (bicyclic) bond motifs is 1. The first kappa shape index (κ1) is 18.5. The maximum absolute atomic E-state index is 12.0. The van der Waals surface area contributed by atoms with Crippen molar-refractivity contribution in [2.75, 3.05) is 18.4 Å². The highest BCUT2D eigenvalue weighted by molar-refractivity contribution is 9.10. The van der Waals surface area contributed by atoms with Crippen molar-refractivity contribution in [3.63, 3.8) is 0 Å². The fraction of sp³-hybridized carbons (Fsp3) is 0.300. The molecule has 26 heavy (non-hydrogen) atoms. The zero-order valence-corrected chi connectivity index (χ0v) is 16.3. The van der Waals surface area contributed by atoms with Crippen molar-refractivity contribution in [2.24, 2.45) is 4.99 Å². The summed E-state index contributed by atoms with van der Waals surface area (Å²) in [5.41, 5.74) is 3.23. The lowest BCUT2D eigenvalue weighted by Gasteiger charge is -2.26. The first-order valence-corrected chi connectivity index (χ1v) is 9.60. The number of carbonyl (C=O) groups excluding carboxylic acids is 1. The summed E-state index contributed by atoms with van der Waals surface area (Å²) in [6.07, 6.45) is 0.482. The molecular formula is C20H23BrN4O. The Labute approximate surface area is 162 Å². The number of amides is 1. The maximum Gasteiger partial charge on any atom is 0.225 e. The van der Waals surface area contributed by atoms with E-state index in [1.165, 1.54) is 5.56 Å². The molecule has 1 heterocycles. The van der Waals surface area contributed by atoms with E-state index in [9.17, 15) is 4.79 Å². The summed E-state index contributed by atoms with van der Waals surface area (Å²) < 4.78 is 1.06. The van der Waals surface area contributed by atoms with Crippen LogP contribution in [0.2, 0.25) is 0 Å². The van der Waals surface area contributed by atoms with Gasteiger partial charge in [0.1, 0.15) is 0 Å². The van der Waals surface area contributed by atoms with Gasteiger partial charge in [0, 0.05) is 35.6 Å². The normalized spacial score (nSPS) is 16.6. The number of aliphatic imine (C=N–C) groups is 1. The second-order valence-corrected chi connectivity index (χ2v) is 7.15. The third kappa shape index (κ3) is 4.85. The molecule has 1 amide bonds. The van der Waals surface area contributed by atoms with Gasteiger partial charge in [-0.1, -0.05) is 46.3 Å². The Hall–Kier alpha value is -2.34. The fourth-order valence-corrected chi connectivity index (χ4v) is 3.27. The van der Waals surface area contributed by atoms with Crippen molar-refractivity contribution >= 4 is 33.5 Å². The van der Waals surface area contributed by atoms with Gasteiger partial charge in [-0.05, 0) is 36.2 Å². The number of nitrogens with zero attached hydrogens (tertiary/aromatic N) is 1. The van der Waals surface area contributed by atoms with Gasteiger partial charge in [-0.2, -0.15) is 0 Å². The zero-order chi connectivity index (χ0) is 18.4. The number of nitrogens with one attached hydrogen (secondary N) is 3. The van der Waals surface area contributed by atoms with Gasteiger partial charge in [0.25, 0.3) is 0 Å². The van der Waals surface area contributed by atoms with E-state index in [0.29, 0.717) is 19.5 Å². The number of benzene rings is 2. The van der Waals surface area contributed by atoms with Gasteiger partial charge < -0.3 is 16.0 Å². The zero-order valence-electron chi connectivity index (χ0n) is 14.8. The standard InChI is InChI=1S/C20H23BrN4O/c1-2-22-20(23-12-14-7-9-16(21)10-8-14)24-13-15-11-19(26)25-18-6-4-3-5-17(15)18/h3-10,15H,2,11-13H2,1H3,(H,25,26)(H2,22,23,24). The van der Waals surface area contributed by atoms with Gasteiger partial charge in [0.15, 0.2) is 5.96 Å². The monoisotopic (exact) mass is 414 g/mol. The largest absolute Gasteiger partial charge is 0.357 e. The van der Waals surface area contributed by atoms with Gasteiger partial charge in [-0.25, -0.2) is 4.99 Å². The number of anilines is 1. The molecule has 1 unspecified atom stereocenters. The minimum absolute atomic E-state index is 0.0623. The lowest BCUT2D eigenvalue weighted by Crippen LogP contribution is -2.40. The molecule has 3 rings (SSSR count). The van der Waals surface area contributed by atoms with Crippen LogP contribution in [0.4, 0.5) is 5.69 Å². The predicted molar refractivity (Wildman–Crippen MR) is 109 cm³/mol. The van der Waals surface area contributed by atoms with E-state index < -0.39 is 0 Å². The van der Waals surface area contributed by atoms with Gasteiger partial charge in [-0.3, -0.25) is 4.79 Å². The minimum atomic E-state index is 0.0623. The van der Waals surface area contributed by atoms with Crippen LogP contribution in [0.5, 0.6) is 0 Å². The Bertz CT molecular complexity index is 789. The van der Waals surface area contributed by atoms with Crippen molar-refractivity contribution in [1.82, 2.24) is 10.6 Å². The SMILES string of the molecule is CCNC(=NCc1ccc(Br)cc1)NCC1CC(=O)Nc2ccccc21. The quantitative estimate of drug-likeness (QED) is 0.516. The molecule has 0 fully saturated rings. The van der Waals surface area contributed by atoms with E-state index in [4.69, 9.17) is 0 Å². The van der Waals surface area contributed by atoms with Crippen LogP contribution >= 0.6 is 15.9 Å². The number of para-hydroxylation sites is 1. The Morgan fingerprint density at radius 1 is 1.19 bits per heavy atom. The molecule has 0 saturated heterocycles. The van der Waals surface area contributed by atoms with Crippen molar-refractivity contribution in [2.45, 2.75) is 25.8 Å². The second kappa shape index (κ2) is 8.85. The lowest BCUT2D eigenvalue weighted by atomic mass is 9.90. The molecular weight excluding hydrogens is 392 g/mol. The van der Waals surface area contributed by atoms with Gasteiger partial charge in [0.05, 0.1) is 6.54 Å². The van der Waals surface area contributed by atoms with E-state index in [1.54, 1.807) is 0 Å². The van der Waals surface area contributed by atoms with Crippen LogP contribution in [-0.4, -0.2) is 25.0 Å². The van der Waals surface area contributed by atoms with Crippen LogP contribution in [-0.2, 0) is 11.3 Å². The molecule has 2 aromatic carbocycles. The first-order chi connectivity index (χ1) is 12.7. The smallest absolute Gasteiger partial charge is 0.225 e. The molecule has 1 aliphatic rings. The average molecular weight is 415 g/mol. The summed E-state index contributed by atoms with van der Waals surface area (Å²) in [5, 5.41) is 9.59. The third-order valence-electron chi connectivity index (χ3n) is 4.30. The van der Waals surface area contributed by atoms with E-state index >= 15 is 0 Å². The number of hydrogen-bond donors (Lipinski definition) is 3. The summed E-state index contributed by atoms with van der Waals surface area (Å²) in [7, 11) is 0. The molecule has 3 N–H and O–H groups in total. The van der Waals surface area contributed by atoms with E-state index in [0.717, 1.165) is 28.2 Å². The maximum atomic E-state index is 12.0. The molecule has 0 radical (unpaired) electrons. The molecule has 0 aliphatic carbocycles. The summed E-state index contributed by atoms with van der Waals surface area (Å²) in [6.45, 7) is 4.09. The molecule has 6 heteroatoms. The van der Waals surface area contributed by atoms with Crippen LogP contribution in [0.3, 0.4) is 0 Å². The van der Waals surface area contributed by atoms with Crippen LogP contribution in [0, 0.1) is 0 Å². The van der Waals surface area contributed by atoms with E-state index in [2.05, 4.69) is 55.1 Å². The highest BCUT2D eigenvalue weighted by Crippen LogP contribution is 2.31. The number of rotatable bonds is 5. The summed E-state index contributed by atoms with van der Waals surface area (Å²) >= 11 is 3.44. The molecule has 0 saturated carbocycles. The van der Waals surface area contributed by atoms with E-state index in [1.807, 2.05) is 37.3 Å². The second-order valence-electron chi connectivity index (χ2n) is 6.24. The Morgan fingerprint density at radius 3 is 2.73 bits per heavy atom. The first-order valence-electron chi connectivity index (χ1n) is 8.81. The van der Waals surface area contributed by atoms with Crippen molar-refractivity contribution in [1.29, 1.82) is 0 Å². The van der Waals surface area contributed by atoms with Crippen molar-refractivity contribution < 1.29 is 4.79 Å². The number of guanidine groups is 1. The van der Waals surface area contributed by atoms with Crippen molar-refractivity contribution in [3.05, 3.63) is 64.1 Å². The van der Waals surface area contributed by atoms with Crippen molar-refractivity contribution in [3.8, 4) is 0 Å². The number of halogens is 1. The molecule has 0 bridgehead atoms. The van der Waals surface area contributed by atoms with Gasteiger partial charge >= 0.3 is 0 Å². The Balaban J connectivity index is 1.66. The van der Waals surface area contributed by atoms with Crippen LogP contribution in [0.25, 0.3) is 0 Å². The number of hydrogen-bond acceptors (Lipinski definition) is 2. The average Bonchev–Trinajstić information content (AvgIpc) is 2.65. The van der Waals surface area contributed by atoms with E-state index in [-0.39, 0.29) is 11.8 Å². The topological polar surface area (TPSA) is 65.5 Å². The van der Waals surface area contributed by atoms with Crippen LogP contribution in [0.15, 0.2) is 58.0 Å². The molecule has 5 nitrogen and oxygen atoms in total. The highest BCUT2D eigenvalue weighted by atomic mass is 79.9. The molecule has 2 aromatic rings. The molecule has 1 atom stereocenters. The third-order valence-corrected chi connectivity index (χ3v) is 4.83. The Morgan fingerprint density at radius 2 is 1.96 bits per heavy atom. The number of carbonyl (C=O) groups is 1. The molecule has 1 aliphatic heterocycles. The fourth-order valence-electron chi connectivity index (χ4n) is 3.01. The van der Waals surface area contributed by atoms with Crippen LogP contribution in [0.1, 0.15) is 30.4 Å².